The van der Waals surface area contributed by atoms with E-state index in [4.69, 9.17) is 4.74 Å². The van der Waals surface area contributed by atoms with Gasteiger partial charge < -0.3 is 10.3 Å². The van der Waals surface area contributed by atoms with E-state index in [1.165, 1.54) is 6.07 Å². The SMILES string of the molecule is CCCc1c2c3cc4ccc(nc14)C(=O)O[N+](=[N-])OC(=O)C(=CC3)O2. The summed E-state index contributed by atoms with van der Waals surface area (Å²) in [5, 5.41) is 0.568. The smallest absolute Gasteiger partial charge is 0.449 e. The van der Waals surface area contributed by atoms with Gasteiger partial charge in [0.25, 0.3) is 0 Å². The highest BCUT2D eigenvalue weighted by molar-refractivity contribution is 5.94. The van der Waals surface area contributed by atoms with Crippen molar-refractivity contribution >= 4 is 22.8 Å². The Morgan fingerprint density at radius 2 is 2.04 bits per heavy atom. The van der Waals surface area contributed by atoms with Crippen LogP contribution >= 0.6 is 0 Å². The first-order valence-corrected chi connectivity index (χ1v) is 7.84. The molecule has 0 fully saturated rings. The lowest BCUT2D eigenvalue weighted by Gasteiger charge is -2.21. The third-order valence-corrected chi connectivity index (χ3v) is 4.06. The van der Waals surface area contributed by atoms with Gasteiger partial charge in [-0.1, -0.05) is 19.4 Å². The van der Waals surface area contributed by atoms with Crippen LogP contribution < -0.4 is 4.74 Å². The van der Waals surface area contributed by atoms with Crippen molar-refractivity contribution in [2.24, 2.45) is 0 Å². The summed E-state index contributed by atoms with van der Waals surface area (Å²) in [7, 11) is 0. The molecule has 0 aliphatic carbocycles. The zero-order valence-corrected chi connectivity index (χ0v) is 13.3. The number of carbonyl (C=O) groups is 2. The van der Waals surface area contributed by atoms with Gasteiger partial charge in [0.2, 0.25) is 5.76 Å². The van der Waals surface area contributed by atoms with E-state index < -0.39 is 11.9 Å². The Balaban J connectivity index is 2.01. The van der Waals surface area contributed by atoms with Crippen LogP contribution in [0.25, 0.3) is 16.4 Å². The van der Waals surface area contributed by atoms with Crippen LogP contribution in [0.5, 0.6) is 5.75 Å². The molecule has 3 heterocycles. The van der Waals surface area contributed by atoms with Gasteiger partial charge >= 0.3 is 11.9 Å². The van der Waals surface area contributed by atoms with Crippen molar-refractivity contribution in [2.45, 2.75) is 26.2 Å². The quantitative estimate of drug-likeness (QED) is 0.833. The standard InChI is InChI=1S/C17H13N3O5/c1-2-3-11-14-9-4-6-12(19-14)16(21)24-20(18)25-17(22)13-7-5-10(8-9)15(11)23-13/h4,6-8H,2-3,5H2,1H3. The molecule has 0 radical (unpaired) electrons. The zero-order valence-electron chi connectivity index (χ0n) is 13.3. The Morgan fingerprint density at radius 3 is 2.84 bits per heavy atom. The number of benzene rings is 1. The summed E-state index contributed by atoms with van der Waals surface area (Å²) >= 11 is 0. The number of fused-ring (bicyclic) bond motifs is 2. The molecule has 2 aromatic rings. The number of allylic oxidation sites excluding steroid dienone is 1. The van der Waals surface area contributed by atoms with E-state index in [9.17, 15) is 15.1 Å². The van der Waals surface area contributed by atoms with Gasteiger partial charge in [0.15, 0.2) is 5.69 Å². The summed E-state index contributed by atoms with van der Waals surface area (Å²) in [6, 6.07) is 5.17. The molecule has 25 heavy (non-hydrogen) atoms. The van der Waals surface area contributed by atoms with Gasteiger partial charge in [-0.05, 0) is 36.6 Å². The second-order valence-corrected chi connectivity index (χ2v) is 5.73. The minimum atomic E-state index is -0.972. The summed E-state index contributed by atoms with van der Waals surface area (Å²) in [6.07, 6.45) is 3.52. The number of hydrogen-bond acceptors (Lipinski definition) is 6. The molecule has 2 aliphatic rings. The van der Waals surface area contributed by atoms with Crippen LogP contribution in [0.2, 0.25) is 0 Å². The van der Waals surface area contributed by atoms with Gasteiger partial charge in [0.1, 0.15) is 10.8 Å². The van der Waals surface area contributed by atoms with Gasteiger partial charge in [-0.15, -0.1) is 4.84 Å². The van der Waals surface area contributed by atoms with Crippen molar-refractivity contribution in [3.05, 3.63) is 52.4 Å². The molecule has 0 saturated carbocycles. The first kappa shape index (κ1) is 15.3. The lowest BCUT2D eigenvalue weighted by Crippen LogP contribution is -2.25. The van der Waals surface area contributed by atoms with Gasteiger partial charge in [-0.25, -0.2) is 14.6 Å². The second kappa shape index (κ2) is 5.66. The molecule has 4 bridgehead atoms. The molecule has 0 unspecified atom stereocenters. The Hall–Kier alpha value is -3.29. The average molecular weight is 339 g/mol. The molecular weight excluding hydrogens is 326 g/mol. The van der Waals surface area contributed by atoms with E-state index in [1.54, 1.807) is 12.1 Å². The maximum atomic E-state index is 12.1. The normalized spacial score (nSPS) is 16.2. The fraction of sp³-hybridized carbons (Fsp3) is 0.235. The van der Waals surface area contributed by atoms with Crippen molar-refractivity contribution in [1.82, 2.24) is 4.98 Å². The molecule has 0 spiro atoms. The van der Waals surface area contributed by atoms with Crippen molar-refractivity contribution in [2.75, 3.05) is 0 Å². The number of carbonyl (C=O) groups excluding carboxylic acids is 2. The molecule has 1 aromatic carbocycles. The van der Waals surface area contributed by atoms with E-state index in [2.05, 4.69) is 14.7 Å². The third-order valence-electron chi connectivity index (χ3n) is 4.06. The second-order valence-electron chi connectivity index (χ2n) is 5.73. The minimum absolute atomic E-state index is 0.0212. The molecule has 0 saturated heterocycles. The highest BCUT2D eigenvalue weighted by Crippen LogP contribution is 2.37. The third kappa shape index (κ3) is 2.51. The molecule has 0 amide bonds. The van der Waals surface area contributed by atoms with Crippen LogP contribution in [0.1, 0.15) is 35.0 Å². The average Bonchev–Trinajstić information content (AvgIpc) is 2.60. The van der Waals surface area contributed by atoms with E-state index in [0.717, 1.165) is 22.9 Å². The minimum Gasteiger partial charge on any atom is -0.449 e. The molecule has 126 valence electrons. The van der Waals surface area contributed by atoms with Crippen LogP contribution in [0.3, 0.4) is 0 Å². The molecule has 0 N–H and O–H groups in total. The monoisotopic (exact) mass is 339 g/mol. The number of ether oxygens (including phenoxy) is 1. The van der Waals surface area contributed by atoms with E-state index in [0.29, 0.717) is 24.1 Å². The Morgan fingerprint density at radius 1 is 1.24 bits per heavy atom. The Labute approximate surface area is 142 Å². The summed E-state index contributed by atoms with van der Waals surface area (Å²) in [5.74, 6) is -1.46. The van der Waals surface area contributed by atoms with E-state index in [1.807, 2.05) is 13.0 Å². The highest BCUT2D eigenvalue weighted by Gasteiger charge is 2.29. The maximum absolute atomic E-state index is 12.1. The summed E-state index contributed by atoms with van der Waals surface area (Å²) in [4.78, 5) is 37.6. The van der Waals surface area contributed by atoms with E-state index >= 15 is 0 Å². The van der Waals surface area contributed by atoms with Gasteiger partial charge in [0, 0.05) is 10.9 Å². The number of nitrogens with zero attached hydrogens (tertiary/aromatic N) is 3. The molecule has 0 atom stereocenters. The number of rotatable bonds is 2. The Kier molecular flexibility index (Phi) is 3.45. The molecule has 2 aliphatic heterocycles. The van der Waals surface area contributed by atoms with Crippen molar-refractivity contribution < 1.29 is 29.0 Å². The lowest BCUT2D eigenvalue weighted by molar-refractivity contribution is -0.944. The number of hydrogen-bond donors (Lipinski definition) is 0. The van der Waals surface area contributed by atoms with Crippen LogP contribution in [0, 0.1) is 0 Å². The fourth-order valence-corrected chi connectivity index (χ4v) is 2.99. The number of aryl methyl sites for hydroxylation is 1. The molecule has 8 nitrogen and oxygen atoms in total. The zero-order chi connectivity index (χ0) is 17.6. The highest BCUT2D eigenvalue weighted by atomic mass is 17.0. The first-order chi connectivity index (χ1) is 12.1. The maximum Gasteiger partial charge on any atom is 0.450 e. The predicted octanol–water partition coefficient (Wildman–Crippen LogP) is 2.58. The van der Waals surface area contributed by atoms with E-state index in [-0.39, 0.29) is 16.5 Å². The number of aromatic nitrogens is 1. The van der Waals surface area contributed by atoms with Gasteiger partial charge in [-0.2, -0.15) is 4.84 Å². The Bertz CT molecular complexity index is 980. The van der Waals surface area contributed by atoms with Crippen LogP contribution in [0.4, 0.5) is 0 Å². The van der Waals surface area contributed by atoms with Crippen LogP contribution in [-0.2, 0) is 27.3 Å². The topological polar surface area (TPSA) is 100 Å². The molecular formula is C17H13N3O5. The first-order valence-electron chi connectivity index (χ1n) is 7.84. The lowest BCUT2D eigenvalue weighted by atomic mass is 9.96. The van der Waals surface area contributed by atoms with Crippen molar-refractivity contribution in [3.8, 4) is 5.75 Å². The summed E-state index contributed by atoms with van der Waals surface area (Å²) < 4.78 is 5.75. The van der Waals surface area contributed by atoms with Crippen LogP contribution in [-0.4, -0.2) is 21.9 Å². The van der Waals surface area contributed by atoms with Crippen molar-refractivity contribution in [3.63, 3.8) is 0 Å². The summed E-state index contributed by atoms with van der Waals surface area (Å²) in [6.45, 7) is 2.02. The molecule has 1 aromatic heterocycles. The molecule has 4 rings (SSSR count). The van der Waals surface area contributed by atoms with Gasteiger partial charge in [0.05, 0.1) is 5.52 Å². The van der Waals surface area contributed by atoms with Gasteiger partial charge in [-0.3, -0.25) is 0 Å². The number of pyridine rings is 1. The van der Waals surface area contributed by atoms with Crippen molar-refractivity contribution in [1.29, 1.82) is 0 Å². The summed E-state index contributed by atoms with van der Waals surface area (Å²) in [5.41, 5.74) is 11.8. The molecule has 8 heteroatoms. The van der Waals surface area contributed by atoms with Crippen LogP contribution in [0.15, 0.2) is 30.0 Å². The predicted molar refractivity (Wildman–Crippen MR) is 83.3 cm³/mol. The largest absolute Gasteiger partial charge is 0.450 e. The fourth-order valence-electron chi connectivity index (χ4n) is 2.99.